The van der Waals surface area contributed by atoms with Gasteiger partial charge in [-0.15, -0.1) is 0 Å². The number of aryl methyl sites for hydroxylation is 1. The molecule has 0 heterocycles. The zero-order chi connectivity index (χ0) is 13.7. The molecule has 6 heteroatoms. The molecule has 0 aliphatic carbocycles. The van der Waals surface area contributed by atoms with Gasteiger partial charge in [0.25, 0.3) is 11.6 Å². The lowest BCUT2D eigenvalue weighted by Gasteiger charge is -2.14. The third kappa shape index (κ3) is 3.27. The molecule has 0 radical (unpaired) electrons. The molecule has 0 aliphatic heterocycles. The van der Waals surface area contributed by atoms with Crippen molar-refractivity contribution in [2.24, 2.45) is 0 Å². The van der Waals surface area contributed by atoms with Crippen LogP contribution in [0.1, 0.15) is 29.3 Å². The van der Waals surface area contributed by atoms with Gasteiger partial charge in [-0.3, -0.25) is 14.9 Å². The maximum absolute atomic E-state index is 11.9. The highest BCUT2D eigenvalue weighted by atomic mass is 16.6. The lowest BCUT2D eigenvalue weighted by Crippen LogP contribution is -2.37. The van der Waals surface area contributed by atoms with E-state index in [1.165, 1.54) is 12.1 Å². The molecule has 1 amide bonds. The highest BCUT2D eigenvalue weighted by Crippen LogP contribution is 2.19. The van der Waals surface area contributed by atoms with Gasteiger partial charge in [-0.25, -0.2) is 0 Å². The number of hydrogen-bond acceptors (Lipinski definition) is 4. The van der Waals surface area contributed by atoms with E-state index in [-0.39, 0.29) is 17.9 Å². The Bertz CT molecular complexity index is 455. The third-order valence-electron chi connectivity index (χ3n) is 2.64. The van der Waals surface area contributed by atoms with E-state index in [0.717, 1.165) is 5.56 Å². The van der Waals surface area contributed by atoms with Gasteiger partial charge in [0.2, 0.25) is 0 Å². The molecule has 1 aromatic rings. The van der Waals surface area contributed by atoms with Crippen molar-refractivity contribution < 1.29 is 14.8 Å². The van der Waals surface area contributed by atoms with E-state index in [2.05, 4.69) is 5.32 Å². The summed E-state index contributed by atoms with van der Waals surface area (Å²) in [6, 6.07) is 3.97. The minimum absolute atomic E-state index is 0.0203. The summed E-state index contributed by atoms with van der Waals surface area (Å²) in [6.45, 7) is 3.37. The number of aliphatic hydroxyl groups is 1. The lowest BCUT2D eigenvalue weighted by atomic mass is 10.1. The summed E-state index contributed by atoms with van der Waals surface area (Å²) in [5, 5.41) is 22.4. The van der Waals surface area contributed by atoms with Crippen molar-refractivity contribution in [1.29, 1.82) is 0 Å². The molecule has 1 rings (SSSR count). The van der Waals surface area contributed by atoms with Crippen molar-refractivity contribution in [3.8, 4) is 0 Å². The van der Waals surface area contributed by atoms with Crippen LogP contribution in [0.25, 0.3) is 0 Å². The van der Waals surface area contributed by atoms with Crippen molar-refractivity contribution in [3.05, 3.63) is 39.4 Å². The number of amides is 1. The lowest BCUT2D eigenvalue weighted by molar-refractivity contribution is -0.385. The Morgan fingerprint density at radius 1 is 1.56 bits per heavy atom. The first-order chi connectivity index (χ1) is 8.49. The minimum atomic E-state index is -0.589. The predicted octanol–water partition coefficient (Wildman–Crippen LogP) is 1.40. The number of nitrogens with one attached hydrogen (secondary N) is 1. The molecule has 0 spiro atoms. The van der Waals surface area contributed by atoms with Crippen LogP contribution in [0.2, 0.25) is 0 Å². The van der Waals surface area contributed by atoms with E-state index in [0.29, 0.717) is 6.42 Å². The summed E-state index contributed by atoms with van der Waals surface area (Å²) in [6.07, 6.45) is 0.557. The summed E-state index contributed by atoms with van der Waals surface area (Å²) >= 11 is 0. The largest absolute Gasteiger partial charge is 0.394 e. The van der Waals surface area contributed by atoms with Crippen LogP contribution in [0.5, 0.6) is 0 Å². The number of carbonyl (C=O) groups excluding carboxylic acids is 1. The fraction of sp³-hybridized carbons (Fsp3) is 0.417. The van der Waals surface area contributed by atoms with Crippen LogP contribution >= 0.6 is 0 Å². The molecule has 0 saturated carbocycles. The van der Waals surface area contributed by atoms with Crippen LogP contribution in [0.3, 0.4) is 0 Å². The fourth-order valence-electron chi connectivity index (χ4n) is 1.53. The second-order valence-electron chi connectivity index (χ2n) is 4.04. The van der Waals surface area contributed by atoms with E-state index in [9.17, 15) is 14.9 Å². The normalized spacial score (nSPS) is 11.9. The smallest absolute Gasteiger partial charge is 0.282 e. The third-order valence-corrected chi connectivity index (χ3v) is 2.64. The van der Waals surface area contributed by atoms with Crippen LogP contribution in [-0.2, 0) is 0 Å². The number of nitrogens with zero attached hydrogens (tertiary/aromatic N) is 1. The number of hydrogen-bond donors (Lipinski definition) is 2. The molecule has 0 bridgehead atoms. The first kappa shape index (κ1) is 14.1. The molecule has 98 valence electrons. The van der Waals surface area contributed by atoms with Gasteiger partial charge in [-0.1, -0.05) is 13.0 Å². The molecule has 2 N–H and O–H groups in total. The number of nitro groups is 1. The Kier molecular flexibility index (Phi) is 4.79. The van der Waals surface area contributed by atoms with Crippen LogP contribution in [0.15, 0.2) is 18.2 Å². The standard InChI is InChI=1S/C12H16N2O4/c1-3-9(7-15)13-12(16)10-6-8(2)4-5-11(10)14(17)18/h4-6,9,15H,3,7H2,1-2H3,(H,13,16)/t9-/m0/s1. The highest BCUT2D eigenvalue weighted by molar-refractivity contribution is 5.98. The van der Waals surface area contributed by atoms with E-state index in [1.54, 1.807) is 13.0 Å². The monoisotopic (exact) mass is 252 g/mol. The first-order valence-corrected chi connectivity index (χ1v) is 5.66. The van der Waals surface area contributed by atoms with Crippen molar-refractivity contribution in [1.82, 2.24) is 5.32 Å². The van der Waals surface area contributed by atoms with Gasteiger partial charge < -0.3 is 10.4 Å². The molecular weight excluding hydrogens is 236 g/mol. The molecule has 0 aliphatic rings. The van der Waals surface area contributed by atoms with Gasteiger partial charge in [0.05, 0.1) is 17.6 Å². The summed E-state index contributed by atoms with van der Waals surface area (Å²) in [5.74, 6) is -0.536. The summed E-state index contributed by atoms with van der Waals surface area (Å²) < 4.78 is 0. The molecule has 18 heavy (non-hydrogen) atoms. The van der Waals surface area contributed by atoms with Gasteiger partial charge >= 0.3 is 0 Å². The van der Waals surface area contributed by atoms with E-state index >= 15 is 0 Å². The van der Waals surface area contributed by atoms with E-state index in [1.807, 2.05) is 6.92 Å². The SMILES string of the molecule is CC[C@@H](CO)NC(=O)c1cc(C)ccc1[N+](=O)[O-]. The minimum Gasteiger partial charge on any atom is -0.394 e. The average Bonchev–Trinajstić information content (AvgIpc) is 2.35. The van der Waals surface area contributed by atoms with Crippen molar-refractivity contribution in [3.63, 3.8) is 0 Å². The molecule has 1 atom stereocenters. The number of rotatable bonds is 5. The van der Waals surface area contributed by atoms with Crippen LogP contribution in [-0.4, -0.2) is 28.6 Å². The highest BCUT2D eigenvalue weighted by Gasteiger charge is 2.21. The van der Waals surface area contributed by atoms with Crippen molar-refractivity contribution >= 4 is 11.6 Å². The van der Waals surface area contributed by atoms with Gasteiger partial charge in [-0.2, -0.15) is 0 Å². The Morgan fingerprint density at radius 3 is 2.72 bits per heavy atom. The second-order valence-corrected chi connectivity index (χ2v) is 4.04. The summed E-state index contributed by atoms with van der Waals surface area (Å²) in [7, 11) is 0. The van der Waals surface area contributed by atoms with Gasteiger partial charge in [0.1, 0.15) is 5.56 Å². The van der Waals surface area contributed by atoms with Gasteiger partial charge in [0, 0.05) is 6.07 Å². The number of carbonyl (C=O) groups is 1. The molecule has 0 aromatic heterocycles. The Labute approximate surface area is 105 Å². The molecule has 6 nitrogen and oxygen atoms in total. The van der Waals surface area contributed by atoms with Crippen LogP contribution < -0.4 is 5.32 Å². The Hall–Kier alpha value is -1.95. The van der Waals surface area contributed by atoms with Crippen molar-refractivity contribution in [2.75, 3.05) is 6.61 Å². The average molecular weight is 252 g/mol. The maximum atomic E-state index is 11.9. The fourth-order valence-corrected chi connectivity index (χ4v) is 1.53. The van der Waals surface area contributed by atoms with E-state index < -0.39 is 16.9 Å². The van der Waals surface area contributed by atoms with Gasteiger partial charge in [0.15, 0.2) is 0 Å². The topological polar surface area (TPSA) is 92.5 Å². The quantitative estimate of drug-likeness (QED) is 0.612. The maximum Gasteiger partial charge on any atom is 0.282 e. The van der Waals surface area contributed by atoms with E-state index in [4.69, 9.17) is 5.11 Å². The molecule has 1 aromatic carbocycles. The molecule has 0 unspecified atom stereocenters. The Balaban J connectivity index is 3.03. The van der Waals surface area contributed by atoms with Crippen LogP contribution in [0, 0.1) is 17.0 Å². The van der Waals surface area contributed by atoms with Crippen LogP contribution in [0.4, 0.5) is 5.69 Å². The molecule has 0 fully saturated rings. The first-order valence-electron chi connectivity index (χ1n) is 5.66. The molecule has 0 saturated heterocycles. The predicted molar refractivity (Wildman–Crippen MR) is 66.5 cm³/mol. The number of nitro benzene ring substituents is 1. The van der Waals surface area contributed by atoms with Gasteiger partial charge in [-0.05, 0) is 25.0 Å². The van der Waals surface area contributed by atoms with Crippen molar-refractivity contribution in [2.45, 2.75) is 26.3 Å². The summed E-state index contributed by atoms with van der Waals surface area (Å²) in [4.78, 5) is 22.2. The zero-order valence-corrected chi connectivity index (χ0v) is 10.3. The Morgan fingerprint density at radius 2 is 2.22 bits per heavy atom. The zero-order valence-electron chi connectivity index (χ0n) is 10.3. The number of benzene rings is 1. The number of aliphatic hydroxyl groups excluding tert-OH is 1. The second kappa shape index (κ2) is 6.11. The summed E-state index contributed by atoms with van der Waals surface area (Å²) in [5.41, 5.74) is 0.556. The molecular formula is C12H16N2O4.